The van der Waals surface area contributed by atoms with Crippen molar-refractivity contribution in [3.8, 4) is 44.8 Å². The molecule has 0 aliphatic heterocycles. The Hall–Kier alpha value is -3.68. The normalized spacial score (nSPS) is 10.7. The molecule has 0 aliphatic carbocycles. The average Bonchev–Trinajstić information content (AvgIpc) is 2.85. The Labute approximate surface area is 187 Å². The quantitative estimate of drug-likeness (QED) is 0.286. The van der Waals surface area contributed by atoms with Crippen molar-refractivity contribution in [3.63, 3.8) is 0 Å². The maximum Gasteiger partial charge on any atom is 0.0715 e. The Morgan fingerprint density at radius 3 is 1.23 bits per heavy atom. The van der Waals surface area contributed by atoms with Crippen molar-refractivity contribution < 1.29 is 0 Å². The van der Waals surface area contributed by atoms with Crippen LogP contribution < -0.4 is 0 Å². The lowest BCUT2D eigenvalue weighted by atomic mass is 9.97. The van der Waals surface area contributed by atoms with E-state index >= 15 is 0 Å². The van der Waals surface area contributed by atoms with Crippen molar-refractivity contribution in [2.24, 2.45) is 0 Å². The Bertz CT molecular complexity index is 1240. The van der Waals surface area contributed by atoms with Gasteiger partial charge in [-0.2, -0.15) is 0 Å². The van der Waals surface area contributed by atoms with E-state index in [0.29, 0.717) is 0 Å². The number of benzene rings is 4. The van der Waals surface area contributed by atoms with Gasteiger partial charge in [0.15, 0.2) is 0 Å². The molecule has 0 atom stereocenters. The molecule has 0 fully saturated rings. The summed E-state index contributed by atoms with van der Waals surface area (Å²) in [4.78, 5) is 4.96. The van der Waals surface area contributed by atoms with E-state index in [9.17, 15) is 0 Å². The van der Waals surface area contributed by atoms with E-state index in [1.54, 1.807) is 0 Å². The smallest absolute Gasteiger partial charge is 0.0715 e. The number of hydrogen-bond acceptors (Lipinski definition) is 1. The minimum atomic E-state index is 0.749. The van der Waals surface area contributed by atoms with Crippen LogP contribution >= 0.6 is 11.6 Å². The van der Waals surface area contributed by atoms with E-state index in [-0.39, 0.29) is 0 Å². The molecule has 0 saturated heterocycles. The van der Waals surface area contributed by atoms with Gasteiger partial charge in [0.1, 0.15) is 0 Å². The number of pyridine rings is 1. The maximum atomic E-state index is 6.03. The third kappa shape index (κ3) is 4.28. The van der Waals surface area contributed by atoms with E-state index in [2.05, 4.69) is 60.7 Å². The second kappa shape index (κ2) is 8.59. The van der Waals surface area contributed by atoms with Crippen LogP contribution in [0.4, 0.5) is 0 Å². The first-order valence-electron chi connectivity index (χ1n) is 10.3. The summed E-state index contributed by atoms with van der Waals surface area (Å²) in [6, 6.07) is 41.6. The molecule has 5 aromatic rings. The van der Waals surface area contributed by atoms with E-state index in [4.69, 9.17) is 16.6 Å². The molecule has 4 aromatic carbocycles. The number of aromatic nitrogens is 1. The molecule has 0 saturated carbocycles. The van der Waals surface area contributed by atoms with Gasteiger partial charge in [-0.05, 0) is 46.5 Å². The zero-order valence-corrected chi connectivity index (χ0v) is 17.6. The highest BCUT2D eigenvalue weighted by molar-refractivity contribution is 6.30. The molecule has 0 amide bonds. The summed E-state index contributed by atoms with van der Waals surface area (Å²) in [7, 11) is 0. The van der Waals surface area contributed by atoms with E-state index in [1.807, 2.05) is 60.7 Å². The van der Waals surface area contributed by atoms with Gasteiger partial charge in [-0.1, -0.05) is 109 Å². The van der Waals surface area contributed by atoms with Crippen LogP contribution in [-0.2, 0) is 0 Å². The molecule has 0 bridgehead atoms. The highest BCUT2D eigenvalue weighted by Gasteiger charge is 2.09. The second-order valence-electron chi connectivity index (χ2n) is 7.44. The second-order valence-corrected chi connectivity index (χ2v) is 7.88. The fourth-order valence-electron chi connectivity index (χ4n) is 3.71. The fourth-order valence-corrected chi connectivity index (χ4v) is 3.83. The molecule has 148 valence electrons. The first kappa shape index (κ1) is 19.3. The minimum Gasteiger partial charge on any atom is -0.248 e. The molecule has 1 heterocycles. The van der Waals surface area contributed by atoms with Gasteiger partial charge in [0.25, 0.3) is 0 Å². The van der Waals surface area contributed by atoms with E-state index < -0.39 is 0 Å². The molecule has 0 aliphatic rings. The fraction of sp³-hybridized carbons (Fsp3) is 0. The first-order valence-corrected chi connectivity index (χ1v) is 10.6. The van der Waals surface area contributed by atoms with Gasteiger partial charge >= 0.3 is 0 Å². The van der Waals surface area contributed by atoms with Gasteiger partial charge in [0.05, 0.1) is 11.4 Å². The molecule has 2 heteroatoms. The summed E-state index contributed by atoms with van der Waals surface area (Å²) in [5, 5.41) is 0.749. The van der Waals surface area contributed by atoms with Crippen LogP contribution in [0.15, 0.2) is 121 Å². The molecule has 31 heavy (non-hydrogen) atoms. The number of nitrogens with zero attached hydrogens (tertiary/aromatic N) is 1. The summed E-state index contributed by atoms with van der Waals surface area (Å²) in [6.07, 6.45) is 0. The summed E-state index contributed by atoms with van der Waals surface area (Å²) < 4.78 is 0. The van der Waals surface area contributed by atoms with Crippen molar-refractivity contribution in [1.29, 1.82) is 0 Å². The minimum absolute atomic E-state index is 0.749. The maximum absolute atomic E-state index is 6.03. The molecule has 0 unspecified atom stereocenters. The van der Waals surface area contributed by atoms with Gasteiger partial charge in [-0.25, -0.2) is 4.98 Å². The summed E-state index contributed by atoms with van der Waals surface area (Å²) in [5.41, 5.74) is 8.79. The van der Waals surface area contributed by atoms with E-state index in [0.717, 1.165) is 44.2 Å². The van der Waals surface area contributed by atoms with Gasteiger partial charge < -0.3 is 0 Å². The van der Waals surface area contributed by atoms with Crippen LogP contribution in [0, 0.1) is 0 Å². The monoisotopic (exact) mass is 417 g/mol. The average molecular weight is 418 g/mol. The van der Waals surface area contributed by atoms with Crippen LogP contribution in [0.25, 0.3) is 44.8 Å². The molecular weight excluding hydrogens is 398 g/mol. The molecule has 1 nitrogen and oxygen atoms in total. The van der Waals surface area contributed by atoms with Crippen LogP contribution in [0.1, 0.15) is 0 Å². The van der Waals surface area contributed by atoms with Crippen LogP contribution in [0.5, 0.6) is 0 Å². The predicted octanol–water partition coefficient (Wildman–Crippen LogP) is 8.40. The van der Waals surface area contributed by atoms with Crippen LogP contribution in [-0.4, -0.2) is 4.98 Å². The van der Waals surface area contributed by atoms with Crippen molar-refractivity contribution in [1.82, 2.24) is 4.98 Å². The van der Waals surface area contributed by atoms with Gasteiger partial charge in [0.2, 0.25) is 0 Å². The summed E-state index contributed by atoms with van der Waals surface area (Å²) in [5.74, 6) is 0. The van der Waals surface area contributed by atoms with Gasteiger partial charge in [-0.3, -0.25) is 0 Å². The molecule has 5 rings (SSSR count). The number of halogens is 1. The Balaban J connectivity index is 1.58. The first-order chi connectivity index (χ1) is 15.3. The van der Waals surface area contributed by atoms with Gasteiger partial charge in [0, 0.05) is 16.1 Å². The molecular formula is C29H20ClN. The van der Waals surface area contributed by atoms with Crippen LogP contribution in [0.3, 0.4) is 0 Å². The van der Waals surface area contributed by atoms with Crippen molar-refractivity contribution in [2.45, 2.75) is 0 Å². The zero-order chi connectivity index (χ0) is 21.0. The lowest BCUT2D eigenvalue weighted by Gasteiger charge is -2.11. The highest BCUT2D eigenvalue weighted by atomic mass is 35.5. The predicted molar refractivity (Wildman–Crippen MR) is 131 cm³/mol. The molecule has 0 N–H and O–H groups in total. The van der Waals surface area contributed by atoms with Crippen molar-refractivity contribution in [2.75, 3.05) is 0 Å². The Kier molecular flexibility index (Phi) is 5.35. The standard InChI is InChI=1S/C29H20ClN/c30-27-17-15-22(16-18-27)21-11-13-23(14-12-21)26-19-28(24-7-3-1-4-8-24)31-29(20-26)25-9-5-2-6-10-25/h1-20H. The molecule has 1 aromatic heterocycles. The van der Waals surface area contributed by atoms with Crippen molar-refractivity contribution in [3.05, 3.63) is 126 Å². The Morgan fingerprint density at radius 2 is 0.774 bits per heavy atom. The highest BCUT2D eigenvalue weighted by Crippen LogP contribution is 2.31. The zero-order valence-electron chi connectivity index (χ0n) is 16.9. The number of rotatable bonds is 4. The van der Waals surface area contributed by atoms with Crippen LogP contribution in [0.2, 0.25) is 5.02 Å². The third-order valence-electron chi connectivity index (χ3n) is 5.36. The molecule has 0 spiro atoms. The Morgan fingerprint density at radius 1 is 0.387 bits per heavy atom. The third-order valence-corrected chi connectivity index (χ3v) is 5.61. The largest absolute Gasteiger partial charge is 0.248 e. The number of hydrogen-bond donors (Lipinski definition) is 0. The summed E-state index contributed by atoms with van der Waals surface area (Å²) >= 11 is 6.03. The van der Waals surface area contributed by atoms with Gasteiger partial charge in [-0.15, -0.1) is 0 Å². The SMILES string of the molecule is Clc1ccc(-c2ccc(-c3cc(-c4ccccc4)nc(-c4ccccc4)c3)cc2)cc1. The topological polar surface area (TPSA) is 12.9 Å². The lowest BCUT2D eigenvalue weighted by molar-refractivity contribution is 1.32. The summed E-state index contributed by atoms with van der Waals surface area (Å²) in [6.45, 7) is 0. The molecule has 0 radical (unpaired) electrons. The van der Waals surface area contributed by atoms with E-state index in [1.165, 1.54) is 5.56 Å². The lowest BCUT2D eigenvalue weighted by Crippen LogP contribution is -1.91. The van der Waals surface area contributed by atoms with Crippen molar-refractivity contribution >= 4 is 11.6 Å².